The molecule has 1 N–H and O–H groups in total. The zero-order chi connectivity index (χ0) is 17.5. The van der Waals surface area contributed by atoms with Crippen molar-refractivity contribution in [3.63, 3.8) is 0 Å². The molecule has 0 atom stereocenters. The number of carbonyl (C=O) groups excluding carboxylic acids is 1. The van der Waals surface area contributed by atoms with E-state index in [1.807, 2.05) is 66.9 Å². The summed E-state index contributed by atoms with van der Waals surface area (Å²) in [5.74, 6) is 0.680. The molecule has 0 bridgehead atoms. The van der Waals surface area contributed by atoms with Gasteiger partial charge in [0.1, 0.15) is 0 Å². The van der Waals surface area contributed by atoms with Crippen LogP contribution in [0.4, 0.5) is 0 Å². The monoisotopic (exact) mass is 366 g/mol. The predicted molar refractivity (Wildman–Crippen MR) is 106 cm³/mol. The third kappa shape index (κ3) is 5.05. The topological polar surface area (TPSA) is 41.5 Å². The second-order valence-electron chi connectivity index (χ2n) is 5.41. The maximum Gasteiger partial charge on any atom is 0.271 e. The van der Waals surface area contributed by atoms with Crippen molar-refractivity contribution in [1.82, 2.24) is 5.43 Å². The van der Waals surface area contributed by atoms with Gasteiger partial charge in [0.2, 0.25) is 0 Å². The average molecular weight is 367 g/mol. The standard InChI is InChI=1S/C20H18N2OS2/c1-15(19-8-5-13-24-19)21-22-20(23)17-11-9-16(10-12-17)14-25-18-6-3-2-4-7-18/h2-13H,14H2,1H3,(H,22,23)/b21-15+. The third-order valence-electron chi connectivity index (χ3n) is 3.57. The SMILES string of the molecule is C/C(=N\NC(=O)c1ccc(CSc2ccccc2)cc1)c1cccs1. The van der Waals surface area contributed by atoms with Gasteiger partial charge in [0.15, 0.2) is 0 Å². The Bertz CT molecular complexity index is 841. The van der Waals surface area contributed by atoms with E-state index in [1.165, 1.54) is 10.5 Å². The van der Waals surface area contributed by atoms with Gasteiger partial charge >= 0.3 is 0 Å². The highest BCUT2D eigenvalue weighted by Crippen LogP contribution is 2.22. The first-order valence-corrected chi connectivity index (χ1v) is 9.74. The molecule has 25 heavy (non-hydrogen) atoms. The molecule has 1 amide bonds. The van der Waals surface area contributed by atoms with E-state index in [2.05, 4.69) is 22.7 Å². The van der Waals surface area contributed by atoms with Gasteiger partial charge in [-0.05, 0) is 48.2 Å². The lowest BCUT2D eigenvalue weighted by atomic mass is 10.1. The van der Waals surface area contributed by atoms with Crippen molar-refractivity contribution in [2.75, 3.05) is 0 Å². The van der Waals surface area contributed by atoms with Crippen molar-refractivity contribution >= 4 is 34.7 Å². The van der Waals surface area contributed by atoms with E-state index in [1.54, 1.807) is 23.1 Å². The molecule has 0 saturated carbocycles. The summed E-state index contributed by atoms with van der Waals surface area (Å²) in [6.45, 7) is 1.88. The van der Waals surface area contributed by atoms with E-state index in [4.69, 9.17) is 0 Å². The van der Waals surface area contributed by atoms with Gasteiger partial charge in [-0.3, -0.25) is 4.79 Å². The lowest BCUT2D eigenvalue weighted by Crippen LogP contribution is -2.19. The Hall–Kier alpha value is -2.37. The molecular formula is C20H18N2OS2. The van der Waals surface area contributed by atoms with Crippen molar-refractivity contribution in [1.29, 1.82) is 0 Å². The zero-order valence-electron chi connectivity index (χ0n) is 13.8. The molecule has 5 heteroatoms. The molecule has 0 radical (unpaired) electrons. The Balaban J connectivity index is 1.56. The van der Waals surface area contributed by atoms with Crippen LogP contribution in [0.1, 0.15) is 27.7 Å². The summed E-state index contributed by atoms with van der Waals surface area (Å²) >= 11 is 3.38. The minimum absolute atomic E-state index is 0.196. The number of carbonyl (C=O) groups is 1. The molecule has 0 aliphatic carbocycles. The number of thiophene rings is 1. The maximum absolute atomic E-state index is 12.2. The Morgan fingerprint density at radius 1 is 1.04 bits per heavy atom. The van der Waals surface area contributed by atoms with Crippen LogP contribution >= 0.6 is 23.1 Å². The Morgan fingerprint density at radius 3 is 2.48 bits per heavy atom. The zero-order valence-corrected chi connectivity index (χ0v) is 15.4. The summed E-state index contributed by atoms with van der Waals surface area (Å²) < 4.78 is 0. The van der Waals surface area contributed by atoms with Crippen LogP contribution in [-0.2, 0) is 5.75 Å². The molecule has 0 aliphatic heterocycles. The molecule has 0 unspecified atom stereocenters. The summed E-state index contributed by atoms with van der Waals surface area (Å²) in [5, 5.41) is 6.15. The lowest BCUT2D eigenvalue weighted by Gasteiger charge is -2.04. The first-order chi connectivity index (χ1) is 12.2. The number of thioether (sulfide) groups is 1. The fourth-order valence-electron chi connectivity index (χ4n) is 2.17. The molecule has 2 aromatic carbocycles. The van der Waals surface area contributed by atoms with Gasteiger partial charge in [0.05, 0.1) is 5.71 Å². The average Bonchev–Trinajstić information content (AvgIpc) is 3.20. The van der Waals surface area contributed by atoms with E-state index >= 15 is 0 Å². The van der Waals surface area contributed by atoms with Crippen LogP contribution in [0, 0.1) is 0 Å². The Kier molecular flexibility index (Phi) is 6.04. The number of benzene rings is 2. The van der Waals surface area contributed by atoms with Crippen LogP contribution in [0.3, 0.4) is 0 Å². The third-order valence-corrected chi connectivity index (χ3v) is 5.63. The summed E-state index contributed by atoms with van der Waals surface area (Å²) in [5.41, 5.74) is 5.21. The number of hydrogen-bond donors (Lipinski definition) is 1. The van der Waals surface area contributed by atoms with Gasteiger partial charge in [0, 0.05) is 21.1 Å². The summed E-state index contributed by atoms with van der Waals surface area (Å²) in [6.07, 6.45) is 0. The van der Waals surface area contributed by atoms with Gasteiger partial charge in [-0.15, -0.1) is 23.1 Å². The number of rotatable bonds is 6. The smallest absolute Gasteiger partial charge is 0.267 e. The fourth-order valence-corrected chi connectivity index (χ4v) is 3.73. The van der Waals surface area contributed by atoms with E-state index in [-0.39, 0.29) is 5.91 Å². The van der Waals surface area contributed by atoms with Crippen molar-refractivity contribution in [2.45, 2.75) is 17.6 Å². The number of hydrazone groups is 1. The highest BCUT2D eigenvalue weighted by Gasteiger charge is 2.06. The molecule has 0 aliphatic rings. The van der Waals surface area contributed by atoms with Gasteiger partial charge in [-0.25, -0.2) is 5.43 Å². The minimum Gasteiger partial charge on any atom is -0.267 e. The highest BCUT2D eigenvalue weighted by atomic mass is 32.2. The molecule has 3 rings (SSSR count). The summed E-state index contributed by atoms with van der Waals surface area (Å²) in [6, 6.07) is 21.9. The molecule has 1 aromatic heterocycles. The second kappa shape index (κ2) is 8.65. The van der Waals surface area contributed by atoms with Crippen molar-refractivity contribution in [3.05, 3.63) is 88.1 Å². The van der Waals surface area contributed by atoms with Gasteiger partial charge < -0.3 is 0 Å². The molecule has 3 nitrogen and oxygen atoms in total. The quantitative estimate of drug-likeness (QED) is 0.370. The van der Waals surface area contributed by atoms with Crippen LogP contribution in [0.15, 0.2) is 82.1 Å². The van der Waals surface area contributed by atoms with Crippen LogP contribution in [0.25, 0.3) is 0 Å². The number of nitrogens with one attached hydrogen (secondary N) is 1. The molecule has 0 spiro atoms. The van der Waals surface area contributed by atoms with E-state index in [0.29, 0.717) is 5.56 Å². The van der Waals surface area contributed by atoms with Crippen LogP contribution in [0.2, 0.25) is 0 Å². The maximum atomic E-state index is 12.2. The molecule has 126 valence electrons. The van der Waals surface area contributed by atoms with Crippen LogP contribution in [0.5, 0.6) is 0 Å². The van der Waals surface area contributed by atoms with Crippen molar-refractivity contribution in [3.8, 4) is 0 Å². The Morgan fingerprint density at radius 2 is 1.80 bits per heavy atom. The first-order valence-electron chi connectivity index (χ1n) is 7.87. The Labute approximate surface area is 155 Å². The lowest BCUT2D eigenvalue weighted by molar-refractivity contribution is 0.0955. The predicted octanol–water partition coefficient (Wildman–Crippen LogP) is 5.19. The molecular weight excluding hydrogens is 348 g/mol. The minimum atomic E-state index is -0.196. The number of nitrogens with zero attached hydrogens (tertiary/aromatic N) is 1. The van der Waals surface area contributed by atoms with Crippen LogP contribution < -0.4 is 5.43 Å². The van der Waals surface area contributed by atoms with Crippen LogP contribution in [-0.4, -0.2) is 11.6 Å². The molecule has 0 saturated heterocycles. The molecule has 0 fully saturated rings. The number of hydrogen-bond acceptors (Lipinski definition) is 4. The second-order valence-corrected chi connectivity index (χ2v) is 7.41. The highest BCUT2D eigenvalue weighted by molar-refractivity contribution is 7.98. The number of amides is 1. The van der Waals surface area contributed by atoms with E-state index < -0.39 is 0 Å². The van der Waals surface area contributed by atoms with Gasteiger partial charge in [-0.1, -0.05) is 36.4 Å². The summed E-state index contributed by atoms with van der Waals surface area (Å²) in [4.78, 5) is 14.5. The summed E-state index contributed by atoms with van der Waals surface area (Å²) in [7, 11) is 0. The molecule has 3 aromatic rings. The fraction of sp³-hybridized carbons (Fsp3) is 0.100. The normalized spacial score (nSPS) is 11.3. The molecule has 1 heterocycles. The van der Waals surface area contributed by atoms with Gasteiger partial charge in [-0.2, -0.15) is 5.10 Å². The van der Waals surface area contributed by atoms with E-state index in [0.717, 1.165) is 16.3 Å². The van der Waals surface area contributed by atoms with Crippen molar-refractivity contribution < 1.29 is 4.79 Å². The van der Waals surface area contributed by atoms with E-state index in [9.17, 15) is 4.79 Å². The largest absolute Gasteiger partial charge is 0.271 e. The van der Waals surface area contributed by atoms with Gasteiger partial charge in [0.25, 0.3) is 5.91 Å². The van der Waals surface area contributed by atoms with Crippen molar-refractivity contribution in [2.24, 2.45) is 5.10 Å². The first kappa shape index (κ1) is 17.5.